The third kappa shape index (κ3) is 5.07. The zero-order chi connectivity index (χ0) is 22.5. The van der Waals surface area contributed by atoms with Gasteiger partial charge in [-0.2, -0.15) is 0 Å². The maximum atomic E-state index is 13.0. The number of amides is 1. The molecule has 2 heterocycles. The van der Waals surface area contributed by atoms with E-state index in [2.05, 4.69) is 4.90 Å². The number of hydrogen-bond acceptors (Lipinski definition) is 9. The maximum absolute atomic E-state index is 13.0. The zero-order valence-corrected chi connectivity index (χ0v) is 18.1. The molecule has 1 aromatic rings. The van der Waals surface area contributed by atoms with Crippen molar-refractivity contribution in [3.63, 3.8) is 0 Å². The normalized spacial score (nSPS) is 21.6. The summed E-state index contributed by atoms with van der Waals surface area (Å²) in [4.78, 5) is 52.0. The maximum Gasteiger partial charge on any atom is 0.339 e. The fraction of sp³-hybridized carbons (Fsp3) is 0.526. The molecule has 0 aliphatic carbocycles. The summed E-state index contributed by atoms with van der Waals surface area (Å²) < 4.78 is 9.59. The summed E-state index contributed by atoms with van der Waals surface area (Å²) >= 11 is 1.19. The number of anilines is 1. The molecule has 1 aromatic carbocycles. The van der Waals surface area contributed by atoms with Gasteiger partial charge in [-0.15, -0.1) is 11.8 Å². The smallest absolute Gasteiger partial charge is 0.339 e. The monoisotopic (exact) mass is 453 g/mol. The van der Waals surface area contributed by atoms with Crippen molar-refractivity contribution in [2.75, 3.05) is 57.6 Å². The molecule has 0 radical (unpaired) electrons. The van der Waals surface area contributed by atoms with Crippen LogP contribution in [0.5, 0.6) is 0 Å². The summed E-state index contributed by atoms with van der Waals surface area (Å²) in [5.74, 6) is -1.14. The number of nitrogens with zero attached hydrogens (tertiary/aromatic N) is 3. The number of ether oxygens (including phenoxy) is 2. The van der Waals surface area contributed by atoms with E-state index in [1.165, 1.54) is 43.0 Å². The number of rotatable bonds is 6. The van der Waals surface area contributed by atoms with E-state index in [9.17, 15) is 24.5 Å². The molecule has 2 aliphatic rings. The van der Waals surface area contributed by atoms with Crippen molar-refractivity contribution in [3.8, 4) is 0 Å². The molecule has 0 saturated carbocycles. The van der Waals surface area contributed by atoms with E-state index in [1.54, 1.807) is 12.1 Å². The Kier molecular flexibility index (Phi) is 7.33. The Balaban J connectivity index is 1.60. The lowest BCUT2D eigenvalue weighted by molar-refractivity contribution is -0.892. The van der Waals surface area contributed by atoms with Crippen LogP contribution in [0.4, 0.5) is 11.4 Å². The molecule has 0 bridgehead atoms. The summed E-state index contributed by atoms with van der Waals surface area (Å²) in [6.45, 7) is 2.85. The van der Waals surface area contributed by atoms with Gasteiger partial charge in [0.1, 0.15) is 6.04 Å². The van der Waals surface area contributed by atoms with E-state index in [0.717, 1.165) is 10.6 Å². The van der Waals surface area contributed by atoms with E-state index in [0.29, 0.717) is 26.2 Å². The van der Waals surface area contributed by atoms with Crippen LogP contribution in [-0.4, -0.2) is 91.8 Å². The lowest BCUT2D eigenvalue weighted by Gasteiger charge is -2.34. The Labute approximate surface area is 183 Å². The minimum Gasteiger partial charge on any atom is -0.467 e. The van der Waals surface area contributed by atoms with E-state index in [4.69, 9.17) is 9.47 Å². The Bertz CT molecular complexity index is 818. The molecule has 2 fully saturated rings. The van der Waals surface area contributed by atoms with Crippen molar-refractivity contribution < 1.29 is 33.7 Å². The van der Waals surface area contributed by atoms with E-state index < -0.39 is 28.3 Å². The first-order chi connectivity index (χ1) is 14.8. The van der Waals surface area contributed by atoms with Crippen LogP contribution in [0.1, 0.15) is 0 Å². The molecule has 31 heavy (non-hydrogen) atoms. The number of carbonyl (C=O) groups is 3. The number of non-ortho nitro benzene ring substituents is 1. The predicted molar refractivity (Wildman–Crippen MR) is 112 cm³/mol. The third-order valence-electron chi connectivity index (χ3n) is 5.46. The summed E-state index contributed by atoms with van der Waals surface area (Å²) in [6, 6.07) is 5.58. The number of piperazine rings is 1. The lowest BCUT2D eigenvalue weighted by Crippen LogP contribution is -3.16. The number of thioether (sulfide) groups is 1. The number of carbonyl (C=O) groups excluding carboxylic acids is 3. The van der Waals surface area contributed by atoms with Gasteiger partial charge >= 0.3 is 11.9 Å². The molecule has 11 nitrogen and oxygen atoms in total. The van der Waals surface area contributed by atoms with Gasteiger partial charge in [0, 0.05) is 23.6 Å². The highest BCUT2D eigenvalue weighted by Gasteiger charge is 2.47. The molecule has 3 rings (SSSR count). The zero-order valence-electron chi connectivity index (χ0n) is 17.3. The van der Waals surface area contributed by atoms with Crippen molar-refractivity contribution in [1.29, 1.82) is 0 Å². The van der Waals surface area contributed by atoms with Crippen molar-refractivity contribution in [2.45, 2.75) is 11.4 Å². The van der Waals surface area contributed by atoms with E-state index >= 15 is 0 Å². The van der Waals surface area contributed by atoms with E-state index in [-0.39, 0.29) is 23.9 Å². The highest BCUT2D eigenvalue weighted by molar-refractivity contribution is 8.00. The van der Waals surface area contributed by atoms with Crippen molar-refractivity contribution in [1.82, 2.24) is 4.90 Å². The quantitative estimate of drug-likeness (QED) is 0.325. The van der Waals surface area contributed by atoms with Crippen molar-refractivity contribution in [3.05, 3.63) is 34.4 Å². The molecule has 168 valence electrons. The van der Waals surface area contributed by atoms with Gasteiger partial charge in [-0.3, -0.25) is 14.9 Å². The Hall–Kier alpha value is -2.86. The van der Waals surface area contributed by atoms with Crippen LogP contribution in [0.2, 0.25) is 0 Å². The van der Waals surface area contributed by atoms with Crippen LogP contribution in [0.3, 0.4) is 0 Å². The topological polar surface area (TPSA) is 124 Å². The van der Waals surface area contributed by atoms with E-state index in [1.807, 2.05) is 0 Å². The van der Waals surface area contributed by atoms with Gasteiger partial charge in [-0.05, 0) is 12.1 Å². The molecule has 0 unspecified atom stereocenters. The number of benzene rings is 1. The molecule has 2 aliphatic heterocycles. The van der Waals surface area contributed by atoms with Crippen LogP contribution in [0, 0.1) is 10.1 Å². The largest absolute Gasteiger partial charge is 0.467 e. The molecule has 2 saturated heterocycles. The third-order valence-corrected chi connectivity index (χ3v) is 6.71. The molecular formula is C19H25N4O7S+. The highest BCUT2D eigenvalue weighted by atomic mass is 32.2. The minimum absolute atomic E-state index is 0.0439. The van der Waals surface area contributed by atoms with Crippen LogP contribution in [0.15, 0.2) is 24.3 Å². The van der Waals surface area contributed by atoms with Crippen molar-refractivity contribution in [2.24, 2.45) is 0 Å². The summed E-state index contributed by atoms with van der Waals surface area (Å²) in [5.41, 5.74) is 0.936. The minimum atomic E-state index is -0.859. The van der Waals surface area contributed by atoms with Crippen LogP contribution >= 0.6 is 11.8 Å². The lowest BCUT2D eigenvalue weighted by atomic mass is 10.2. The van der Waals surface area contributed by atoms with Gasteiger partial charge in [0.15, 0.2) is 11.9 Å². The first-order valence-corrected chi connectivity index (χ1v) is 10.8. The number of quaternary nitrogens is 1. The second kappa shape index (κ2) is 9.96. The number of nitro benzene ring substituents is 1. The molecule has 0 spiro atoms. The van der Waals surface area contributed by atoms with Gasteiger partial charge in [0.2, 0.25) is 0 Å². The second-order valence-corrected chi connectivity index (χ2v) is 8.35. The first-order valence-electron chi connectivity index (χ1n) is 9.77. The molecule has 1 amide bonds. The van der Waals surface area contributed by atoms with Crippen LogP contribution in [-0.2, 0) is 23.9 Å². The van der Waals surface area contributed by atoms with Gasteiger partial charge in [0.25, 0.3) is 11.6 Å². The van der Waals surface area contributed by atoms with Gasteiger partial charge < -0.3 is 24.2 Å². The molecule has 1 N–H and O–H groups in total. The molecule has 2 atom stereocenters. The van der Waals surface area contributed by atoms with Crippen LogP contribution < -0.4 is 9.80 Å². The highest BCUT2D eigenvalue weighted by Crippen LogP contribution is 2.30. The van der Waals surface area contributed by atoms with Crippen molar-refractivity contribution >= 4 is 41.0 Å². The Morgan fingerprint density at radius 2 is 1.74 bits per heavy atom. The summed E-state index contributed by atoms with van der Waals surface area (Å²) in [6.07, 6.45) is 0. The molecule has 12 heteroatoms. The number of methoxy groups -OCH3 is 2. The SMILES string of the molecule is COC(=O)[C@H]1SC[C@@H](C(=O)OC)N1C(=O)C[NH+]1CCN(c2ccc([N+](=O)[O-])cc2)CC1. The average molecular weight is 453 g/mol. The predicted octanol–water partition coefficient (Wildman–Crippen LogP) is -1.08. The molecule has 0 aromatic heterocycles. The van der Waals surface area contributed by atoms with Gasteiger partial charge in [0.05, 0.1) is 45.3 Å². The summed E-state index contributed by atoms with van der Waals surface area (Å²) in [7, 11) is 2.50. The van der Waals surface area contributed by atoms with Crippen LogP contribution in [0.25, 0.3) is 0 Å². The van der Waals surface area contributed by atoms with Gasteiger partial charge in [-0.1, -0.05) is 0 Å². The Morgan fingerprint density at radius 3 is 2.29 bits per heavy atom. The molecular weight excluding hydrogens is 428 g/mol. The number of nitrogens with one attached hydrogen (secondary N) is 1. The van der Waals surface area contributed by atoms with Gasteiger partial charge in [-0.25, -0.2) is 9.59 Å². The number of esters is 2. The Morgan fingerprint density at radius 1 is 1.13 bits per heavy atom. The number of hydrogen-bond donors (Lipinski definition) is 1. The fourth-order valence-corrected chi connectivity index (χ4v) is 5.08. The number of nitro groups is 1. The first kappa shape index (κ1) is 22.8. The standard InChI is InChI=1S/C19H24N4O7S/c1-29-18(25)15-12-31-17(19(26)30-2)22(15)16(24)11-20-7-9-21(10-8-20)13-3-5-14(6-4-13)23(27)28/h3-6,15,17H,7-12H2,1-2H3/p+1/t15-,17+/m0/s1. The fourth-order valence-electron chi connectivity index (χ4n) is 3.76. The average Bonchev–Trinajstić information content (AvgIpc) is 3.24. The second-order valence-electron chi connectivity index (χ2n) is 7.24. The summed E-state index contributed by atoms with van der Waals surface area (Å²) in [5, 5.41) is 9.95.